The van der Waals surface area contributed by atoms with Crippen LogP contribution < -0.4 is 0 Å². The molecule has 0 radical (unpaired) electrons. The van der Waals surface area contributed by atoms with Gasteiger partial charge in [0.2, 0.25) is 0 Å². The average molecular weight is 387 g/mol. The van der Waals surface area contributed by atoms with Crippen molar-refractivity contribution in [3.05, 3.63) is 0 Å². The molecule has 160 valence electrons. The van der Waals surface area contributed by atoms with Crippen LogP contribution >= 0.6 is 0 Å². The van der Waals surface area contributed by atoms with Crippen molar-refractivity contribution in [2.24, 2.45) is 11.8 Å². The second-order valence-corrected chi connectivity index (χ2v) is 7.43. The van der Waals surface area contributed by atoms with Gasteiger partial charge in [-0.2, -0.15) is 0 Å². The Bertz CT molecular complexity index is 392. The number of carboxylic acid groups (broad SMARTS) is 1. The summed E-state index contributed by atoms with van der Waals surface area (Å²) in [6.45, 7) is 10.9. The van der Waals surface area contributed by atoms with E-state index in [4.69, 9.17) is 9.84 Å². The SMILES string of the molecule is CCOC(=O)CC(=O)CCCC[C@@H](C)CC.CC[C@H](C)CCCCC(=O)O. The van der Waals surface area contributed by atoms with Crippen molar-refractivity contribution in [3.8, 4) is 0 Å². The molecule has 0 fully saturated rings. The molecule has 0 aromatic carbocycles. The third-order valence-electron chi connectivity index (χ3n) is 4.78. The first kappa shape index (κ1) is 27.8. The Morgan fingerprint density at radius 1 is 0.815 bits per heavy atom. The predicted molar refractivity (Wildman–Crippen MR) is 110 cm³/mol. The van der Waals surface area contributed by atoms with Crippen molar-refractivity contribution < 1.29 is 24.2 Å². The van der Waals surface area contributed by atoms with Gasteiger partial charge in [-0.05, 0) is 31.6 Å². The summed E-state index contributed by atoms with van der Waals surface area (Å²) in [6.07, 6.45) is 9.37. The molecule has 0 saturated heterocycles. The van der Waals surface area contributed by atoms with Crippen molar-refractivity contribution in [1.29, 1.82) is 0 Å². The molecule has 27 heavy (non-hydrogen) atoms. The first-order valence-corrected chi connectivity index (χ1v) is 10.7. The lowest BCUT2D eigenvalue weighted by molar-refractivity contribution is -0.145. The van der Waals surface area contributed by atoms with E-state index in [9.17, 15) is 14.4 Å². The topological polar surface area (TPSA) is 80.7 Å². The summed E-state index contributed by atoms with van der Waals surface area (Å²) in [5, 5.41) is 8.34. The maximum atomic E-state index is 11.3. The normalized spacial score (nSPS) is 12.5. The number of Topliss-reactive ketones (excluding diaryl/α,β-unsaturated/α-hetero) is 1. The van der Waals surface area contributed by atoms with E-state index in [1.165, 1.54) is 25.7 Å². The summed E-state index contributed by atoms with van der Waals surface area (Å²) in [4.78, 5) is 32.5. The third-order valence-corrected chi connectivity index (χ3v) is 4.78. The number of carboxylic acids is 1. The summed E-state index contributed by atoms with van der Waals surface area (Å²) >= 11 is 0. The zero-order chi connectivity index (χ0) is 21.1. The average Bonchev–Trinajstić information content (AvgIpc) is 2.62. The van der Waals surface area contributed by atoms with Crippen LogP contribution in [0, 0.1) is 11.8 Å². The molecule has 0 amide bonds. The van der Waals surface area contributed by atoms with Crippen LogP contribution in [0.25, 0.3) is 0 Å². The van der Waals surface area contributed by atoms with Gasteiger partial charge in [0.05, 0.1) is 6.61 Å². The van der Waals surface area contributed by atoms with Gasteiger partial charge in [0.1, 0.15) is 12.2 Å². The van der Waals surface area contributed by atoms with E-state index in [-0.39, 0.29) is 12.2 Å². The number of carbonyl (C=O) groups is 3. The lowest BCUT2D eigenvalue weighted by Crippen LogP contribution is -2.10. The van der Waals surface area contributed by atoms with Crippen molar-refractivity contribution in [1.82, 2.24) is 0 Å². The minimum atomic E-state index is -0.672. The molecule has 2 atom stereocenters. The van der Waals surface area contributed by atoms with Crippen LogP contribution in [0.3, 0.4) is 0 Å². The van der Waals surface area contributed by atoms with Crippen molar-refractivity contribution in [2.75, 3.05) is 6.61 Å². The summed E-state index contributed by atoms with van der Waals surface area (Å²) in [5.74, 6) is 0.426. The summed E-state index contributed by atoms with van der Waals surface area (Å²) in [5.41, 5.74) is 0. The number of ether oxygens (including phenoxy) is 1. The first-order chi connectivity index (χ1) is 12.8. The third kappa shape index (κ3) is 22.6. The molecule has 0 aliphatic heterocycles. The van der Waals surface area contributed by atoms with Crippen LogP contribution in [0.5, 0.6) is 0 Å². The minimum Gasteiger partial charge on any atom is -0.481 e. The van der Waals surface area contributed by atoms with Gasteiger partial charge in [-0.25, -0.2) is 0 Å². The van der Waals surface area contributed by atoms with Crippen LogP contribution in [-0.2, 0) is 19.1 Å². The highest BCUT2D eigenvalue weighted by molar-refractivity contribution is 5.95. The van der Waals surface area contributed by atoms with Crippen LogP contribution in [0.15, 0.2) is 0 Å². The molecule has 0 aliphatic carbocycles. The number of carbonyl (C=O) groups excluding carboxylic acids is 2. The number of hydrogen-bond donors (Lipinski definition) is 1. The Labute approximate surface area is 166 Å². The smallest absolute Gasteiger partial charge is 0.313 e. The Kier molecular flexibility index (Phi) is 20.0. The van der Waals surface area contributed by atoms with Crippen LogP contribution in [-0.4, -0.2) is 29.4 Å². The standard InChI is InChI=1S/C13H24O3.C9H18O2/c1-4-11(3)8-6-7-9-12(14)10-13(15)16-5-2;1-3-8(2)6-4-5-7-9(10)11/h11H,4-10H2,1-3H3;8H,3-7H2,1-2H3,(H,10,11)/t11-;8-/m00/s1. The number of ketones is 1. The zero-order valence-corrected chi connectivity index (χ0v) is 18.2. The van der Waals surface area contributed by atoms with Gasteiger partial charge in [-0.15, -0.1) is 0 Å². The molecular formula is C22H42O5. The number of esters is 1. The molecular weight excluding hydrogens is 344 g/mol. The van der Waals surface area contributed by atoms with Crippen molar-refractivity contribution >= 4 is 17.7 Å². The van der Waals surface area contributed by atoms with Crippen LogP contribution in [0.4, 0.5) is 0 Å². The van der Waals surface area contributed by atoms with E-state index in [0.29, 0.717) is 19.4 Å². The maximum absolute atomic E-state index is 11.3. The number of hydrogen-bond acceptors (Lipinski definition) is 4. The number of rotatable bonds is 15. The molecule has 0 aromatic rings. The quantitative estimate of drug-likeness (QED) is 0.219. The van der Waals surface area contributed by atoms with Gasteiger partial charge in [0.25, 0.3) is 0 Å². The molecule has 0 unspecified atom stereocenters. The van der Waals surface area contributed by atoms with Gasteiger partial charge in [-0.1, -0.05) is 66.2 Å². The molecule has 1 N–H and O–H groups in total. The van der Waals surface area contributed by atoms with E-state index in [0.717, 1.165) is 37.5 Å². The monoisotopic (exact) mass is 386 g/mol. The fraction of sp³-hybridized carbons (Fsp3) is 0.864. The molecule has 5 nitrogen and oxygen atoms in total. The van der Waals surface area contributed by atoms with E-state index >= 15 is 0 Å². The Morgan fingerprint density at radius 3 is 1.70 bits per heavy atom. The van der Waals surface area contributed by atoms with E-state index in [1.54, 1.807) is 6.92 Å². The van der Waals surface area contributed by atoms with E-state index in [2.05, 4.69) is 27.7 Å². The minimum absolute atomic E-state index is 0.00241. The van der Waals surface area contributed by atoms with Crippen LogP contribution in [0.1, 0.15) is 105 Å². The fourth-order valence-corrected chi connectivity index (χ4v) is 2.45. The predicted octanol–water partition coefficient (Wildman–Crippen LogP) is 5.79. The number of unbranched alkanes of at least 4 members (excludes halogenated alkanes) is 2. The molecule has 0 rings (SSSR count). The van der Waals surface area contributed by atoms with Crippen molar-refractivity contribution in [2.45, 2.75) is 105 Å². The van der Waals surface area contributed by atoms with Gasteiger partial charge < -0.3 is 9.84 Å². The lowest BCUT2D eigenvalue weighted by atomic mass is 10.00. The van der Waals surface area contributed by atoms with Gasteiger partial charge >= 0.3 is 11.9 Å². The maximum Gasteiger partial charge on any atom is 0.313 e. The van der Waals surface area contributed by atoms with Gasteiger partial charge in [-0.3, -0.25) is 14.4 Å². The number of aliphatic carboxylic acids is 1. The molecule has 0 aliphatic rings. The second-order valence-electron chi connectivity index (χ2n) is 7.43. The van der Waals surface area contributed by atoms with E-state index in [1.807, 2.05) is 0 Å². The highest BCUT2D eigenvalue weighted by Crippen LogP contribution is 2.13. The Balaban J connectivity index is 0. The summed E-state index contributed by atoms with van der Waals surface area (Å²) in [7, 11) is 0. The van der Waals surface area contributed by atoms with Gasteiger partial charge in [0.15, 0.2) is 0 Å². The molecule has 0 spiro atoms. The van der Waals surface area contributed by atoms with Crippen molar-refractivity contribution in [3.63, 3.8) is 0 Å². The zero-order valence-electron chi connectivity index (χ0n) is 18.2. The molecule has 0 heterocycles. The van der Waals surface area contributed by atoms with Gasteiger partial charge in [0, 0.05) is 12.8 Å². The second kappa shape index (κ2) is 19.4. The first-order valence-electron chi connectivity index (χ1n) is 10.7. The highest BCUT2D eigenvalue weighted by atomic mass is 16.5. The molecule has 0 bridgehead atoms. The Hall–Kier alpha value is -1.39. The molecule has 0 saturated carbocycles. The van der Waals surface area contributed by atoms with Crippen LogP contribution in [0.2, 0.25) is 0 Å². The van der Waals surface area contributed by atoms with E-state index < -0.39 is 11.9 Å². The largest absolute Gasteiger partial charge is 0.481 e. The molecule has 5 heteroatoms. The molecule has 0 aromatic heterocycles. The Morgan fingerprint density at radius 2 is 1.30 bits per heavy atom. The summed E-state index contributed by atoms with van der Waals surface area (Å²) in [6, 6.07) is 0. The highest BCUT2D eigenvalue weighted by Gasteiger charge is 2.09. The summed E-state index contributed by atoms with van der Waals surface area (Å²) < 4.78 is 4.71. The lowest BCUT2D eigenvalue weighted by Gasteiger charge is -2.07. The fourth-order valence-electron chi connectivity index (χ4n) is 2.45.